The second-order valence-corrected chi connectivity index (χ2v) is 9.03. The molecular weight excluding hydrogens is 461 g/mol. The number of likely N-dealkylation sites (N-methyl/N-ethyl adjacent to an activating group) is 1. The highest BCUT2D eigenvalue weighted by Gasteiger charge is 2.24. The summed E-state index contributed by atoms with van der Waals surface area (Å²) in [5, 5.41) is 3.32. The van der Waals surface area contributed by atoms with Gasteiger partial charge in [0.15, 0.2) is 0 Å². The number of carbonyl (C=O) groups excluding carboxylic acids is 2. The molecule has 0 radical (unpaired) electrons. The Morgan fingerprint density at radius 1 is 1.17 bits per heavy atom. The van der Waals surface area contributed by atoms with Gasteiger partial charge in [0.25, 0.3) is 0 Å². The van der Waals surface area contributed by atoms with Crippen LogP contribution in [0.4, 0.5) is 10.1 Å². The monoisotopic (exact) mass is 493 g/mol. The van der Waals surface area contributed by atoms with Crippen LogP contribution in [0.1, 0.15) is 38.7 Å². The highest BCUT2D eigenvalue weighted by molar-refractivity contribution is 5.93. The van der Waals surface area contributed by atoms with Gasteiger partial charge in [0.05, 0.1) is 11.2 Å². The predicted octanol–water partition coefficient (Wildman–Crippen LogP) is 5.37. The Labute approximate surface area is 210 Å². The van der Waals surface area contributed by atoms with Crippen LogP contribution in [0.15, 0.2) is 42.6 Å². The number of benzene rings is 2. The van der Waals surface area contributed by atoms with Gasteiger partial charge in [-0.1, -0.05) is 19.9 Å². The number of nitrogens with zero attached hydrogens (tertiary/aromatic N) is 2. The third-order valence-corrected chi connectivity index (χ3v) is 6.43. The summed E-state index contributed by atoms with van der Waals surface area (Å²) in [7, 11) is 0. The zero-order valence-corrected chi connectivity index (χ0v) is 20.8. The summed E-state index contributed by atoms with van der Waals surface area (Å²) in [6.45, 7) is 7.27. The van der Waals surface area contributed by atoms with E-state index in [1.807, 2.05) is 0 Å². The van der Waals surface area contributed by atoms with Crippen molar-refractivity contribution in [2.24, 2.45) is 5.92 Å². The lowest BCUT2D eigenvalue weighted by molar-refractivity contribution is -0.118. The number of anilines is 1. The van der Waals surface area contributed by atoms with Gasteiger partial charge in [-0.25, -0.2) is 4.39 Å². The van der Waals surface area contributed by atoms with Gasteiger partial charge in [-0.05, 0) is 55.6 Å². The molecule has 1 heterocycles. The highest BCUT2D eigenvalue weighted by Crippen LogP contribution is 2.36. The zero-order valence-electron chi connectivity index (χ0n) is 20.8. The Bertz CT molecular complexity index is 1220. The Hall–Kier alpha value is -3.52. The van der Waals surface area contributed by atoms with Crippen molar-refractivity contribution in [1.29, 1.82) is 0 Å². The van der Waals surface area contributed by atoms with Crippen molar-refractivity contribution in [3.63, 3.8) is 0 Å². The van der Waals surface area contributed by atoms with Crippen LogP contribution in [0.25, 0.3) is 10.9 Å². The van der Waals surface area contributed by atoms with E-state index in [0.29, 0.717) is 64.8 Å². The molecular formula is C28H32FN3O4. The molecule has 1 N–H and O–H groups in total. The number of carbonyl (C=O) groups is 2. The smallest absolute Gasteiger partial charge is 0.211 e. The summed E-state index contributed by atoms with van der Waals surface area (Å²) in [5.41, 5.74) is 1.48. The standard InChI is InChI=1S/C28H32FN3O4/c1-3-32(4-2)11-12-35-28-17-25-23(16-26(28)31-18-33)27(9-10-30-25)36-22-8-7-20(24(29)15-22)14-21(34)13-19-5-6-19/h7-10,15-19H,3-6,11-14H2,1-2H3,(H,31,33). The van der Waals surface area contributed by atoms with Crippen molar-refractivity contribution < 1.29 is 23.5 Å². The van der Waals surface area contributed by atoms with E-state index in [0.717, 1.165) is 32.5 Å². The van der Waals surface area contributed by atoms with Crippen molar-refractivity contribution in [2.45, 2.75) is 39.5 Å². The number of halogens is 1. The van der Waals surface area contributed by atoms with Crippen molar-refractivity contribution in [1.82, 2.24) is 9.88 Å². The molecule has 1 saturated carbocycles. The summed E-state index contributed by atoms with van der Waals surface area (Å²) >= 11 is 0. The van der Waals surface area contributed by atoms with E-state index in [1.165, 1.54) is 6.07 Å². The van der Waals surface area contributed by atoms with E-state index < -0.39 is 5.82 Å². The fourth-order valence-corrected chi connectivity index (χ4v) is 4.15. The lowest BCUT2D eigenvalue weighted by Crippen LogP contribution is -2.28. The summed E-state index contributed by atoms with van der Waals surface area (Å²) in [5.74, 6) is 1.36. The lowest BCUT2D eigenvalue weighted by atomic mass is 10.0. The Morgan fingerprint density at radius 3 is 2.67 bits per heavy atom. The van der Waals surface area contributed by atoms with Crippen molar-refractivity contribution in [3.05, 3.63) is 54.0 Å². The summed E-state index contributed by atoms with van der Waals surface area (Å²) in [6.07, 6.45) is 5.00. The lowest BCUT2D eigenvalue weighted by Gasteiger charge is -2.19. The minimum atomic E-state index is -0.470. The van der Waals surface area contributed by atoms with Crippen LogP contribution in [0.3, 0.4) is 0 Å². The third-order valence-electron chi connectivity index (χ3n) is 6.43. The van der Waals surface area contributed by atoms with Crippen LogP contribution in [-0.2, 0) is 16.0 Å². The van der Waals surface area contributed by atoms with Crippen molar-refractivity contribution in [3.8, 4) is 17.2 Å². The first-order chi connectivity index (χ1) is 17.5. The minimum Gasteiger partial charge on any atom is -0.490 e. The molecule has 2 aromatic carbocycles. The maximum absolute atomic E-state index is 14.7. The maximum Gasteiger partial charge on any atom is 0.211 e. The summed E-state index contributed by atoms with van der Waals surface area (Å²) in [6, 6.07) is 9.72. The average Bonchev–Trinajstić information content (AvgIpc) is 3.68. The van der Waals surface area contributed by atoms with Gasteiger partial charge in [-0.3, -0.25) is 14.6 Å². The largest absolute Gasteiger partial charge is 0.490 e. The molecule has 0 spiro atoms. The van der Waals surface area contributed by atoms with Gasteiger partial charge in [-0.15, -0.1) is 0 Å². The molecule has 0 bridgehead atoms. The van der Waals surface area contributed by atoms with Gasteiger partial charge in [-0.2, -0.15) is 0 Å². The van der Waals surface area contributed by atoms with E-state index in [-0.39, 0.29) is 12.2 Å². The predicted molar refractivity (Wildman–Crippen MR) is 137 cm³/mol. The maximum atomic E-state index is 14.7. The number of Topliss-reactive ketones (excluding diaryl/α,β-unsaturated/α-hetero) is 1. The molecule has 4 rings (SSSR count). The Balaban J connectivity index is 1.52. The first-order valence-corrected chi connectivity index (χ1v) is 12.5. The fourth-order valence-electron chi connectivity index (χ4n) is 4.15. The molecule has 7 nitrogen and oxygen atoms in total. The number of hydrogen-bond acceptors (Lipinski definition) is 6. The quantitative estimate of drug-likeness (QED) is 0.304. The number of ketones is 1. The van der Waals surface area contributed by atoms with Crippen molar-refractivity contribution >= 4 is 28.8 Å². The van der Waals surface area contributed by atoms with Gasteiger partial charge in [0, 0.05) is 43.1 Å². The number of nitrogens with one attached hydrogen (secondary N) is 1. The van der Waals surface area contributed by atoms with E-state index in [4.69, 9.17) is 9.47 Å². The van der Waals surface area contributed by atoms with Crippen LogP contribution in [0, 0.1) is 11.7 Å². The molecule has 1 fully saturated rings. The first-order valence-electron chi connectivity index (χ1n) is 12.5. The second kappa shape index (κ2) is 11.9. The Kier molecular flexibility index (Phi) is 8.48. The Morgan fingerprint density at radius 2 is 1.97 bits per heavy atom. The molecule has 0 saturated heterocycles. The number of ether oxygens (including phenoxy) is 2. The second-order valence-electron chi connectivity index (χ2n) is 9.03. The topological polar surface area (TPSA) is 80.8 Å². The van der Waals surface area contributed by atoms with Crippen LogP contribution < -0.4 is 14.8 Å². The average molecular weight is 494 g/mol. The molecule has 8 heteroatoms. The summed E-state index contributed by atoms with van der Waals surface area (Å²) in [4.78, 5) is 30.0. The number of pyridine rings is 1. The highest BCUT2D eigenvalue weighted by atomic mass is 19.1. The van der Waals surface area contributed by atoms with E-state index in [9.17, 15) is 14.0 Å². The molecule has 1 aromatic heterocycles. The van der Waals surface area contributed by atoms with E-state index in [2.05, 4.69) is 29.0 Å². The molecule has 36 heavy (non-hydrogen) atoms. The van der Waals surface area contributed by atoms with Gasteiger partial charge in [0.2, 0.25) is 6.41 Å². The number of hydrogen-bond donors (Lipinski definition) is 1. The normalized spacial score (nSPS) is 13.1. The molecule has 1 amide bonds. The number of aromatic nitrogens is 1. The molecule has 1 aliphatic rings. The van der Waals surface area contributed by atoms with Gasteiger partial charge >= 0.3 is 0 Å². The SMILES string of the molecule is CCN(CC)CCOc1cc2nccc(Oc3ccc(CC(=O)CC4CC4)c(F)c3)c2cc1NC=O. The molecule has 3 aromatic rings. The number of amides is 1. The molecule has 0 unspecified atom stereocenters. The molecule has 0 atom stereocenters. The van der Waals surface area contributed by atoms with E-state index in [1.54, 1.807) is 36.5 Å². The molecule has 190 valence electrons. The van der Waals surface area contributed by atoms with E-state index >= 15 is 0 Å². The summed E-state index contributed by atoms with van der Waals surface area (Å²) < 4.78 is 26.7. The fraction of sp³-hybridized carbons (Fsp3) is 0.393. The van der Waals surface area contributed by atoms with Gasteiger partial charge < -0.3 is 19.7 Å². The third kappa shape index (κ3) is 6.57. The van der Waals surface area contributed by atoms with Crippen LogP contribution >= 0.6 is 0 Å². The first kappa shape index (κ1) is 25.6. The van der Waals surface area contributed by atoms with Crippen LogP contribution in [-0.4, -0.2) is 48.3 Å². The minimum absolute atomic E-state index is 0.0653. The molecule has 1 aliphatic carbocycles. The van der Waals surface area contributed by atoms with Crippen LogP contribution in [0.2, 0.25) is 0 Å². The zero-order chi connectivity index (χ0) is 25.5. The van der Waals surface area contributed by atoms with Crippen molar-refractivity contribution in [2.75, 3.05) is 31.6 Å². The number of fused-ring (bicyclic) bond motifs is 1. The van der Waals surface area contributed by atoms with Crippen LogP contribution in [0.5, 0.6) is 17.2 Å². The van der Waals surface area contributed by atoms with Gasteiger partial charge in [0.1, 0.15) is 35.5 Å². The number of rotatable bonds is 14. The molecule has 0 aliphatic heterocycles.